The highest BCUT2D eigenvalue weighted by Crippen LogP contribution is 2.38. The molecule has 0 saturated heterocycles. The number of aryl methyl sites for hydroxylation is 1. The van der Waals surface area contributed by atoms with Crippen LogP contribution in [0.1, 0.15) is 34.5 Å². The van der Waals surface area contributed by atoms with Gasteiger partial charge in [0.1, 0.15) is 11.6 Å². The number of rotatable bonds is 6. The molecule has 1 saturated carbocycles. The summed E-state index contributed by atoms with van der Waals surface area (Å²) in [6.45, 7) is 2.18. The number of carbonyl (C=O) groups excluding carboxylic acids is 1. The Morgan fingerprint density at radius 2 is 2.09 bits per heavy atom. The molecule has 0 atom stereocenters. The number of carbonyl (C=O) groups is 1. The summed E-state index contributed by atoms with van der Waals surface area (Å²) < 4.78 is 21.4. The summed E-state index contributed by atoms with van der Waals surface area (Å²) in [4.78, 5) is 19.2. The molecule has 0 bridgehead atoms. The van der Waals surface area contributed by atoms with Crippen LogP contribution in [-0.4, -0.2) is 39.1 Å². The minimum absolute atomic E-state index is 0.0390. The SMILES string of the molecule is Cc1ncc2cn[nH]c2c1CN(C)C(=O)c1cc(F)c(-c2cccc(Cl)c2)c(OC2CC2)c1. The molecule has 33 heavy (non-hydrogen) atoms. The van der Waals surface area contributed by atoms with Crippen LogP contribution < -0.4 is 4.74 Å². The van der Waals surface area contributed by atoms with Gasteiger partial charge < -0.3 is 9.64 Å². The fourth-order valence-electron chi connectivity index (χ4n) is 3.87. The first kappa shape index (κ1) is 21.4. The van der Waals surface area contributed by atoms with Gasteiger partial charge in [-0.3, -0.25) is 14.9 Å². The average molecular weight is 465 g/mol. The number of benzene rings is 2. The highest BCUT2D eigenvalue weighted by molar-refractivity contribution is 6.30. The summed E-state index contributed by atoms with van der Waals surface area (Å²) in [5, 5.41) is 8.41. The number of ether oxygens (including phenoxy) is 1. The molecule has 2 heterocycles. The first-order chi connectivity index (χ1) is 15.9. The molecular weight excluding hydrogens is 443 g/mol. The Morgan fingerprint density at radius 3 is 2.85 bits per heavy atom. The second-order valence-corrected chi connectivity index (χ2v) is 8.78. The molecule has 1 aliphatic carbocycles. The Balaban J connectivity index is 1.49. The fourth-order valence-corrected chi connectivity index (χ4v) is 4.06. The van der Waals surface area contributed by atoms with Gasteiger partial charge in [0.05, 0.1) is 23.4 Å². The van der Waals surface area contributed by atoms with Gasteiger partial charge in [-0.25, -0.2) is 4.39 Å². The van der Waals surface area contributed by atoms with Gasteiger partial charge in [0.25, 0.3) is 5.91 Å². The zero-order chi connectivity index (χ0) is 23.1. The maximum atomic E-state index is 15.4. The summed E-state index contributed by atoms with van der Waals surface area (Å²) in [7, 11) is 1.68. The van der Waals surface area contributed by atoms with E-state index in [0.717, 1.165) is 35.0 Å². The predicted octanol–water partition coefficient (Wildman–Crippen LogP) is 5.54. The summed E-state index contributed by atoms with van der Waals surface area (Å²) in [6, 6.07) is 9.84. The molecule has 5 rings (SSSR count). The Hall–Kier alpha value is -3.45. The third-order valence-electron chi connectivity index (χ3n) is 5.78. The number of fused-ring (bicyclic) bond motifs is 1. The van der Waals surface area contributed by atoms with Crippen LogP contribution >= 0.6 is 11.6 Å². The first-order valence-corrected chi connectivity index (χ1v) is 11.1. The number of aromatic nitrogens is 3. The van der Waals surface area contributed by atoms with Gasteiger partial charge in [0.15, 0.2) is 0 Å². The highest BCUT2D eigenvalue weighted by atomic mass is 35.5. The Bertz CT molecular complexity index is 1370. The topological polar surface area (TPSA) is 71.1 Å². The van der Waals surface area contributed by atoms with E-state index in [1.807, 2.05) is 6.92 Å². The number of hydrogen-bond acceptors (Lipinski definition) is 4. The maximum Gasteiger partial charge on any atom is 0.254 e. The normalized spacial score (nSPS) is 13.3. The lowest BCUT2D eigenvalue weighted by molar-refractivity contribution is 0.0784. The molecule has 4 aromatic rings. The standard InChI is InChI=1S/C25H22ClFN4O2/c1-14-20(24-17(11-28-14)12-29-30-24)13-31(2)25(32)16-9-21(27)23(15-4-3-5-18(26)8-15)22(10-16)33-19-6-7-19/h3-5,8-12,19H,6-7,13H2,1-2H3,(H,29,30). The van der Waals surface area contributed by atoms with Crippen molar-refractivity contribution in [1.82, 2.24) is 20.1 Å². The van der Waals surface area contributed by atoms with Crippen LogP contribution in [0.3, 0.4) is 0 Å². The van der Waals surface area contributed by atoms with Gasteiger partial charge in [0, 0.05) is 47.0 Å². The summed E-state index contributed by atoms with van der Waals surface area (Å²) in [5.74, 6) is -0.492. The smallest absolute Gasteiger partial charge is 0.254 e. The largest absolute Gasteiger partial charge is 0.490 e. The molecule has 2 aromatic carbocycles. The molecule has 8 heteroatoms. The highest BCUT2D eigenvalue weighted by Gasteiger charge is 2.27. The molecule has 1 amide bonds. The number of H-pyrrole nitrogens is 1. The van der Waals surface area contributed by atoms with Crippen LogP contribution in [0.5, 0.6) is 5.75 Å². The molecule has 1 fully saturated rings. The van der Waals surface area contributed by atoms with Crippen LogP contribution in [-0.2, 0) is 6.54 Å². The van der Waals surface area contributed by atoms with Gasteiger partial charge in [-0.15, -0.1) is 0 Å². The summed E-state index contributed by atoms with van der Waals surface area (Å²) >= 11 is 6.13. The summed E-state index contributed by atoms with van der Waals surface area (Å²) in [6.07, 6.45) is 5.30. The van der Waals surface area contributed by atoms with Gasteiger partial charge in [0.2, 0.25) is 0 Å². The van der Waals surface area contributed by atoms with Crippen molar-refractivity contribution in [1.29, 1.82) is 0 Å². The molecule has 2 aromatic heterocycles. The predicted molar refractivity (Wildman–Crippen MR) is 125 cm³/mol. The van der Waals surface area contributed by atoms with Gasteiger partial charge >= 0.3 is 0 Å². The van der Waals surface area contributed by atoms with E-state index >= 15 is 4.39 Å². The lowest BCUT2D eigenvalue weighted by Crippen LogP contribution is -2.27. The van der Waals surface area contributed by atoms with E-state index in [-0.39, 0.29) is 17.6 Å². The second-order valence-electron chi connectivity index (χ2n) is 8.34. The molecule has 168 valence electrons. The molecule has 1 aliphatic rings. The molecular formula is C25H22ClFN4O2. The van der Waals surface area contributed by atoms with E-state index in [1.165, 1.54) is 6.07 Å². The molecule has 6 nitrogen and oxygen atoms in total. The third-order valence-corrected chi connectivity index (χ3v) is 6.01. The maximum absolute atomic E-state index is 15.4. The number of amides is 1. The van der Waals surface area contributed by atoms with Crippen LogP contribution in [0.15, 0.2) is 48.8 Å². The minimum atomic E-state index is -0.527. The van der Waals surface area contributed by atoms with Crippen molar-refractivity contribution < 1.29 is 13.9 Å². The average Bonchev–Trinajstić information content (AvgIpc) is 3.47. The van der Waals surface area contributed by atoms with Gasteiger partial charge in [-0.05, 0) is 49.6 Å². The van der Waals surface area contributed by atoms with Crippen molar-refractivity contribution in [3.8, 4) is 16.9 Å². The minimum Gasteiger partial charge on any atom is -0.490 e. The fraction of sp³-hybridized carbons (Fsp3) is 0.240. The summed E-state index contributed by atoms with van der Waals surface area (Å²) in [5.41, 5.74) is 3.64. The van der Waals surface area contributed by atoms with Crippen LogP contribution in [0.4, 0.5) is 4.39 Å². The van der Waals surface area contributed by atoms with Gasteiger partial charge in [-0.2, -0.15) is 5.10 Å². The molecule has 0 unspecified atom stereocenters. The number of nitrogens with one attached hydrogen (secondary N) is 1. The van der Waals surface area contributed by atoms with Crippen molar-refractivity contribution in [2.75, 3.05) is 7.05 Å². The molecule has 0 aliphatic heterocycles. The number of aromatic amines is 1. The van der Waals surface area contributed by atoms with Crippen LogP contribution in [0.25, 0.3) is 22.0 Å². The zero-order valence-corrected chi connectivity index (χ0v) is 19.0. The first-order valence-electron chi connectivity index (χ1n) is 10.7. The number of nitrogens with zero attached hydrogens (tertiary/aromatic N) is 3. The monoisotopic (exact) mass is 464 g/mol. The lowest BCUT2D eigenvalue weighted by Gasteiger charge is -2.20. The third kappa shape index (κ3) is 4.28. The second kappa shape index (κ2) is 8.48. The Morgan fingerprint density at radius 1 is 1.27 bits per heavy atom. The lowest BCUT2D eigenvalue weighted by atomic mass is 10.0. The van der Waals surface area contributed by atoms with Crippen molar-refractivity contribution >= 4 is 28.4 Å². The van der Waals surface area contributed by atoms with E-state index in [2.05, 4.69) is 15.2 Å². The van der Waals surface area contributed by atoms with Crippen molar-refractivity contribution in [2.24, 2.45) is 0 Å². The van der Waals surface area contributed by atoms with Gasteiger partial charge in [-0.1, -0.05) is 23.7 Å². The number of pyridine rings is 1. The van der Waals surface area contributed by atoms with Crippen LogP contribution in [0, 0.1) is 12.7 Å². The van der Waals surface area contributed by atoms with Crippen molar-refractivity contribution in [3.05, 3.63) is 76.5 Å². The van der Waals surface area contributed by atoms with E-state index in [1.54, 1.807) is 54.7 Å². The number of hydrogen-bond donors (Lipinski definition) is 1. The molecule has 0 spiro atoms. The number of halogens is 2. The van der Waals surface area contributed by atoms with E-state index in [4.69, 9.17) is 16.3 Å². The van der Waals surface area contributed by atoms with E-state index < -0.39 is 5.82 Å². The van der Waals surface area contributed by atoms with Crippen LogP contribution in [0.2, 0.25) is 5.02 Å². The van der Waals surface area contributed by atoms with Crippen molar-refractivity contribution in [2.45, 2.75) is 32.4 Å². The molecule has 0 radical (unpaired) electrons. The van der Waals surface area contributed by atoms with E-state index in [0.29, 0.717) is 28.4 Å². The Labute approximate surface area is 195 Å². The van der Waals surface area contributed by atoms with Crippen molar-refractivity contribution in [3.63, 3.8) is 0 Å². The van der Waals surface area contributed by atoms with E-state index in [9.17, 15) is 4.79 Å². The quantitative estimate of drug-likeness (QED) is 0.406. The Kier molecular flexibility index (Phi) is 5.50. The molecule has 1 N–H and O–H groups in total. The zero-order valence-electron chi connectivity index (χ0n) is 18.2.